The van der Waals surface area contributed by atoms with E-state index in [4.69, 9.17) is 9.47 Å². The van der Waals surface area contributed by atoms with Gasteiger partial charge in [0.2, 0.25) is 0 Å². The van der Waals surface area contributed by atoms with E-state index in [1.54, 1.807) is 0 Å². The SMILES string of the molecule is COC(=O)C(CNCC1(C)CCOCC1)c1ccccc1. The maximum atomic E-state index is 12.0. The van der Waals surface area contributed by atoms with Gasteiger partial charge < -0.3 is 14.8 Å². The molecule has 0 aliphatic carbocycles. The minimum absolute atomic E-state index is 0.189. The largest absolute Gasteiger partial charge is 0.469 e. The first kappa shape index (κ1) is 16.0. The third-order valence-corrected chi connectivity index (χ3v) is 4.29. The van der Waals surface area contributed by atoms with E-state index < -0.39 is 0 Å². The number of methoxy groups -OCH3 is 1. The lowest BCUT2D eigenvalue weighted by atomic mass is 9.82. The van der Waals surface area contributed by atoms with Crippen molar-refractivity contribution < 1.29 is 14.3 Å². The molecule has 2 rings (SSSR count). The summed E-state index contributed by atoms with van der Waals surface area (Å²) in [5, 5.41) is 3.45. The summed E-state index contributed by atoms with van der Waals surface area (Å²) in [6, 6.07) is 9.79. The first-order valence-electron chi connectivity index (χ1n) is 7.56. The van der Waals surface area contributed by atoms with E-state index in [9.17, 15) is 4.79 Å². The van der Waals surface area contributed by atoms with Crippen molar-refractivity contribution in [2.45, 2.75) is 25.7 Å². The number of hydrogen-bond acceptors (Lipinski definition) is 4. The van der Waals surface area contributed by atoms with Crippen LogP contribution >= 0.6 is 0 Å². The number of hydrogen-bond donors (Lipinski definition) is 1. The van der Waals surface area contributed by atoms with Gasteiger partial charge in [-0.3, -0.25) is 4.79 Å². The summed E-state index contributed by atoms with van der Waals surface area (Å²) in [5.74, 6) is -0.439. The summed E-state index contributed by atoms with van der Waals surface area (Å²) in [7, 11) is 1.44. The first-order chi connectivity index (χ1) is 10.1. The second-order valence-electron chi connectivity index (χ2n) is 6.04. The number of rotatable bonds is 6. The highest BCUT2D eigenvalue weighted by Crippen LogP contribution is 2.29. The van der Waals surface area contributed by atoms with Crippen molar-refractivity contribution in [1.29, 1.82) is 0 Å². The number of esters is 1. The first-order valence-corrected chi connectivity index (χ1v) is 7.56. The molecule has 116 valence electrons. The van der Waals surface area contributed by atoms with Crippen LogP contribution in [-0.2, 0) is 14.3 Å². The number of nitrogens with one attached hydrogen (secondary N) is 1. The Labute approximate surface area is 126 Å². The monoisotopic (exact) mass is 291 g/mol. The molecule has 0 saturated carbocycles. The molecule has 1 saturated heterocycles. The molecule has 0 radical (unpaired) electrons. The van der Waals surface area contributed by atoms with Crippen molar-refractivity contribution in [2.75, 3.05) is 33.4 Å². The van der Waals surface area contributed by atoms with Crippen LogP contribution in [0.5, 0.6) is 0 Å². The number of ether oxygens (including phenoxy) is 2. The highest BCUT2D eigenvalue weighted by Gasteiger charge is 2.28. The fourth-order valence-corrected chi connectivity index (χ4v) is 2.72. The molecule has 1 aliphatic rings. The van der Waals surface area contributed by atoms with Crippen LogP contribution in [0.1, 0.15) is 31.2 Å². The lowest BCUT2D eigenvalue weighted by molar-refractivity contribution is -0.142. The highest BCUT2D eigenvalue weighted by atomic mass is 16.5. The van der Waals surface area contributed by atoms with E-state index in [1.165, 1.54) is 7.11 Å². The Bertz CT molecular complexity index is 441. The molecule has 1 unspecified atom stereocenters. The molecule has 1 aliphatic heterocycles. The zero-order chi connectivity index (χ0) is 15.1. The van der Waals surface area contributed by atoms with Crippen LogP contribution in [-0.4, -0.2) is 39.4 Å². The molecule has 0 amide bonds. The molecule has 1 fully saturated rings. The molecular weight excluding hydrogens is 266 g/mol. The van der Waals surface area contributed by atoms with Gasteiger partial charge in [-0.1, -0.05) is 37.3 Å². The van der Waals surface area contributed by atoms with Crippen LogP contribution in [0, 0.1) is 5.41 Å². The fraction of sp³-hybridized carbons (Fsp3) is 0.588. The normalized spacial score (nSPS) is 19.0. The Morgan fingerprint density at radius 1 is 1.33 bits per heavy atom. The summed E-state index contributed by atoms with van der Waals surface area (Å²) < 4.78 is 10.4. The Balaban J connectivity index is 1.92. The van der Waals surface area contributed by atoms with E-state index in [2.05, 4.69) is 12.2 Å². The van der Waals surface area contributed by atoms with Crippen LogP contribution in [0.2, 0.25) is 0 Å². The minimum atomic E-state index is -0.250. The molecule has 0 bridgehead atoms. The maximum absolute atomic E-state index is 12.0. The predicted molar refractivity (Wildman–Crippen MR) is 82.2 cm³/mol. The minimum Gasteiger partial charge on any atom is -0.469 e. The molecule has 0 aromatic heterocycles. The number of carbonyl (C=O) groups is 1. The van der Waals surface area contributed by atoms with Crippen LogP contribution < -0.4 is 5.32 Å². The van der Waals surface area contributed by atoms with E-state index in [-0.39, 0.29) is 17.3 Å². The van der Waals surface area contributed by atoms with Crippen LogP contribution in [0.15, 0.2) is 30.3 Å². The third-order valence-electron chi connectivity index (χ3n) is 4.29. The third kappa shape index (κ3) is 4.55. The Kier molecular flexibility index (Phi) is 5.76. The molecule has 1 atom stereocenters. The van der Waals surface area contributed by atoms with Crippen molar-refractivity contribution in [1.82, 2.24) is 5.32 Å². The molecule has 1 N–H and O–H groups in total. The quantitative estimate of drug-likeness (QED) is 0.817. The van der Waals surface area contributed by atoms with Crippen molar-refractivity contribution in [3.63, 3.8) is 0 Å². The topological polar surface area (TPSA) is 47.6 Å². The lowest BCUT2D eigenvalue weighted by Crippen LogP contribution is -2.39. The summed E-state index contributed by atoms with van der Waals surface area (Å²) in [4.78, 5) is 12.0. The summed E-state index contributed by atoms with van der Waals surface area (Å²) >= 11 is 0. The van der Waals surface area contributed by atoms with Crippen molar-refractivity contribution >= 4 is 5.97 Å². The molecular formula is C17H25NO3. The van der Waals surface area contributed by atoms with Crippen molar-refractivity contribution in [3.8, 4) is 0 Å². The molecule has 21 heavy (non-hydrogen) atoms. The van der Waals surface area contributed by atoms with Gasteiger partial charge in [-0.2, -0.15) is 0 Å². The predicted octanol–water partition coefficient (Wildman–Crippen LogP) is 2.35. The Hall–Kier alpha value is -1.39. The number of carbonyl (C=O) groups excluding carboxylic acids is 1. The smallest absolute Gasteiger partial charge is 0.314 e. The van der Waals surface area contributed by atoms with E-state index in [0.29, 0.717) is 6.54 Å². The highest BCUT2D eigenvalue weighted by molar-refractivity contribution is 5.78. The van der Waals surface area contributed by atoms with Gasteiger partial charge in [0.15, 0.2) is 0 Å². The molecule has 4 nitrogen and oxygen atoms in total. The van der Waals surface area contributed by atoms with Gasteiger partial charge in [0.05, 0.1) is 13.0 Å². The molecule has 1 aromatic rings. The van der Waals surface area contributed by atoms with Gasteiger partial charge >= 0.3 is 5.97 Å². The number of benzene rings is 1. The summed E-state index contributed by atoms with van der Waals surface area (Å²) in [5.41, 5.74) is 1.25. The van der Waals surface area contributed by atoms with E-state index in [1.807, 2.05) is 30.3 Å². The van der Waals surface area contributed by atoms with Gasteiger partial charge in [0.1, 0.15) is 0 Å². The van der Waals surface area contributed by atoms with Crippen LogP contribution in [0.3, 0.4) is 0 Å². The second-order valence-corrected chi connectivity index (χ2v) is 6.04. The zero-order valence-corrected chi connectivity index (χ0v) is 12.9. The zero-order valence-electron chi connectivity index (χ0n) is 12.9. The van der Waals surface area contributed by atoms with Crippen molar-refractivity contribution in [2.24, 2.45) is 5.41 Å². The maximum Gasteiger partial charge on any atom is 0.314 e. The van der Waals surface area contributed by atoms with Gasteiger partial charge in [-0.05, 0) is 23.8 Å². The molecule has 1 aromatic carbocycles. The lowest BCUT2D eigenvalue weighted by Gasteiger charge is -2.34. The summed E-state index contributed by atoms with van der Waals surface area (Å²) in [6.45, 7) is 5.44. The van der Waals surface area contributed by atoms with Gasteiger partial charge in [-0.25, -0.2) is 0 Å². The Morgan fingerprint density at radius 3 is 2.62 bits per heavy atom. The van der Waals surface area contributed by atoms with Gasteiger partial charge in [-0.15, -0.1) is 0 Å². The molecule has 1 heterocycles. The van der Waals surface area contributed by atoms with Gasteiger partial charge in [0, 0.05) is 26.3 Å². The van der Waals surface area contributed by atoms with E-state index >= 15 is 0 Å². The van der Waals surface area contributed by atoms with Crippen LogP contribution in [0.25, 0.3) is 0 Å². The Morgan fingerprint density at radius 2 is 2.00 bits per heavy atom. The fourth-order valence-electron chi connectivity index (χ4n) is 2.72. The van der Waals surface area contributed by atoms with E-state index in [0.717, 1.165) is 38.2 Å². The summed E-state index contributed by atoms with van der Waals surface area (Å²) in [6.07, 6.45) is 2.13. The standard InChI is InChI=1S/C17H25NO3/c1-17(8-10-21-11-9-17)13-18-12-15(16(19)20-2)14-6-4-3-5-7-14/h3-7,15,18H,8-13H2,1-2H3. The van der Waals surface area contributed by atoms with Gasteiger partial charge in [0.25, 0.3) is 0 Å². The molecule has 4 heteroatoms. The average Bonchev–Trinajstić information content (AvgIpc) is 2.52. The van der Waals surface area contributed by atoms with Crippen LogP contribution in [0.4, 0.5) is 0 Å². The average molecular weight is 291 g/mol. The second kappa shape index (κ2) is 7.57. The van der Waals surface area contributed by atoms with Crippen molar-refractivity contribution in [3.05, 3.63) is 35.9 Å². The molecule has 0 spiro atoms.